The predicted molar refractivity (Wildman–Crippen MR) is 151 cm³/mol. The first kappa shape index (κ1) is 26.4. The smallest absolute Gasteiger partial charge is 0.255 e. The van der Waals surface area contributed by atoms with E-state index in [0.717, 1.165) is 5.56 Å². The summed E-state index contributed by atoms with van der Waals surface area (Å²) >= 11 is 12.4. The number of halogens is 2. The molecule has 11 heteroatoms. The largest absolute Gasteiger partial charge is 0.495 e. The number of nitrogens with one attached hydrogen (secondary N) is 2. The average Bonchev–Trinajstić information content (AvgIpc) is 3.37. The third-order valence-electron chi connectivity index (χ3n) is 6.35. The van der Waals surface area contributed by atoms with Crippen LogP contribution >= 0.6 is 23.2 Å². The molecule has 1 amide bonds. The lowest BCUT2D eigenvalue weighted by Gasteiger charge is -2.29. The first-order valence-corrected chi connectivity index (χ1v) is 12.7. The molecule has 2 heterocycles. The number of para-hydroxylation sites is 2. The first-order chi connectivity index (χ1) is 18.8. The highest BCUT2D eigenvalue weighted by Crippen LogP contribution is 2.40. The van der Waals surface area contributed by atoms with Gasteiger partial charge in [0.1, 0.15) is 11.8 Å². The number of aromatic nitrogens is 3. The van der Waals surface area contributed by atoms with Crippen LogP contribution in [0.4, 0.5) is 11.6 Å². The summed E-state index contributed by atoms with van der Waals surface area (Å²) in [5, 5.41) is 11.8. The van der Waals surface area contributed by atoms with Crippen molar-refractivity contribution in [2.75, 3.05) is 32.0 Å². The number of rotatable bonds is 7. The molecule has 0 bridgehead atoms. The molecule has 9 nitrogen and oxygen atoms in total. The normalized spacial score (nSPS) is 14.4. The fourth-order valence-electron chi connectivity index (χ4n) is 4.47. The van der Waals surface area contributed by atoms with E-state index in [1.165, 1.54) is 0 Å². The van der Waals surface area contributed by atoms with Crippen molar-refractivity contribution < 1.29 is 19.0 Å². The Morgan fingerprint density at radius 2 is 1.67 bits per heavy atom. The van der Waals surface area contributed by atoms with Gasteiger partial charge in [-0.15, -0.1) is 5.10 Å². The molecule has 200 valence electrons. The van der Waals surface area contributed by atoms with Gasteiger partial charge in [-0.1, -0.05) is 41.4 Å². The third kappa shape index (κ3) is 4.98. The van der Waals surface area contributed by atoms with Crippen molar-refractivity contribution in [2.24, 2.45) is 0 Å². The van der Waals surface area contributed by atoms with Gasteiger partial charge in [-0.2, -0.15) is 4.98 Å². The number of fused-ring (bicyclic) bond motifs is 1. The Morgan fingerprint density at radius 3 is 2.38 bits per heavy atom. The van der Waals surface area contributed by atoms with Crippen LogP contribution in [-0.2, 0) is 4.79 Å². The molecule has 0 radical (unpaired) electrons. The lowest BCUT2D eigenvalue weighted by atomic mass is 9.94. The summed E-state index contributed by atoms with van der Waals surface area (Å²) < 4.78 is 18.1. The molecule has 1 aliphatic heterocycles. The number of carbonyl (C=O) groups excluding carboxylic acids is 1. The Kier molecular flexibility index (Phi) is 7.36. The van der Waals surface area contributed by atoms with Gasteiger partial charge < -0.3 is 24.8 Å². The lowest BCUT2D eigenvalue weighted by Crippen LogP contribution is -2.31. The fraction of sp³-hybridized carbons (Fsp3) is 0.179. The zero-order chi connectivity index (χ0) is 27.7. The summed E-state index contributed by atoms with van der Waals surface area (Å²) in [5.74, 6) is 2.16. The van der Waals surface area contributed by atoms with E-state index in [-0.39, 0.29) is 5.91 Å². The van der Waals surface area contributed by atoms with Crippen molar-refractivity contribution in [2.45, 2.75) is 13.0 Å². The Bertz CT molecular complexity index is 1600. The summed E-state index contributed by atoms with van der Waals surface area (Å²) in [6.07, 6.45) is 0. The summed E-state index contributed by atoms with van der Waals surface area (Å²) in [6.45, 7) is 1.82. The molecule has 0 aliphatic carbocycles. The number of amides is 1. The average molecular weight is 566 g/mol. The molecule has 1 aliphatic rings. The van der Waals surface area contributed by atoms with Crippen LogP contribution < -0.4 is 24.8 Å². The van der Waals surface area contributed by atoms with Crippen molar-refractivity contribution in [1.29, 1.82) is 0 Å². The number of anilines is 2. The van der Waals surface area contributed by atoms with E-state index in [2.05, 4.69) is 10.6 Å². The fourth-order valence-corrected chi connectivity index (χ4v) is 4.77. The van der Waals surface area contributed by atoms with Crippen LogP contribution in [0.3, 0.4) is 0 Å². The minimum atomic E-state index is -0.653. The number of allylic oxidation sites excluding steroid dienone is 1. The zero-order valence-corrected chi connectivity index (χ0v) is 23.1. The van der Waals surface area contributed by atoms with Crippen molar-refractivity contribution >= 4 is 40.7 Å². The number of nitrogens with zero attached hydrogens (tertiary/aromatic N) is 3. The molecular formula is C28H25Cl2N5O4. The summed E-state index contributed by atoms with van der Waals surface area (Å²) in [6, 6.07) is 17.2. The monoisotopic (exact) mass is 565 g/mol. The Morgan fingerprint density at radius 1 is 0.923 bits per heavy atom. The molecule has 4 aromatic rings. The van der Waals surface area contributed by atoms with Crippen molar-refractivity contribution in [3.8, 4) is 28.6 Å². The minimum absolute atomic E-state index is 0.332. The van der Waals surface area contributed by atoms with Gasteiger partial charge in [0.25, 0.3) is 5.91 Å². The Hall–Kier alpha value is -4.21. The molecular weight excluding hydrogens is 541 g/mol. The highest BCUT2D eigenvalue weighted by atomic mass is 35.5. The van der Waals surface area contributed by atoms with Crippen LogP contribution in [-0.4, -0.2) is 42.0 Å². The Labute approximate surface area is 235 Å². The second-order valence-electron chi connectivity index (χ2n) is 8.67. The van der Waals surface area contributed by atoms with Gasteiger partial charge in [-0.05, 0) is 55.0 Å². The number of benzene rings is 3. The van der Waals surface area contributed by atoms with E-state index >= 15 is 0 Å². The van der Waals surface area contributed by atoms with E-state index in [1.807, 2.05) is 31.2 Å². The van der Waals surface area contributed by atoms with Crippen LogP contribution in [0.2, 0.25) is 10.0 Å². The Balaban J connectivity index is 1.64. The predicted octanol–water partition coefficient (Wildman–Crippen LogP) is 6.21. The van der Waals surface area contributed by atoms with Crippen LogP contribution in [0.25, 0.3) is 11.4 Å². The van der Waals surface area contributed by atoms with Crippen LogP contribution in [0.15, 0.2) is 71.9 Å². The number of methoxy groups -OCH3 is 3. The number of carbonyl (C=O) groups is 1. The maximum Gasteiger partial charge on any atom is 0.255 e. The second-order valence-corrected chi connectivity index (χ2v) is 9.48. The molecule has 1 aromatic heterocycles. The molecule has 1 unspecified atom stereocenters. The maximum absolute atomic E-state index is 13.9. The van der Waals surface area contributed by atoms with Gasteiger partial charge in [-0.25, -0.2) is 4.68 Å². The van der Waals surface area contributed by atoms with Gasteiger partial charge in [0, 0.05) is 11.3 Å². The highest BCUT2D eigenvalue weighted by molar-refractivity contribution is 6.42. The van der Waals surface area contributed by atoms with Crippen LogP contribution in [0.5, 0.6) is 17.2 Å². The molecule has 1 atom stereocenters. The molecule has 0 saturated heterocycles. The first-order valence-electron chi connectivity index (χ1n) is 11.9. The molecule has 0 spiro atoms. The number of hydrogen-bond donors (Lipinski definition) is 2. The van der Waals surface area contributed by atoms with Crippen molar-refractivity contribution in [3.63, 3.8) is 0 Å². The van der Waals surface area contributed by atoms with Gasteiger partial charge >= 0.3 is 0 Å². The second kappa shape index (κ2) is 10.9. The molecule has 2 N–H and O–H groups in total. The zero-order valence-electron chi connectivity index (χ0n) is 21.6. The maximum atomic E-state index is 13.9. The number of ether oxygens (including phenoxy) is 3. The van der Waals surface area contributed by atoms with Crippen molar-refractivity contribution in [3.05, 3.63) is 87.5 Å². The lowest BCUT2D eigenvalue weighted by molar-refractivity contribution is -0.113. The highest BCUT2D eigenvalue weighted by Gasteiger charge is 2.35. The summed E-state index contributed by atoms with van der Waals surface area (Å²) in [4.78, 5) is 18.6. The molecule has 5 rings (SSSR count). The standard InChI is InChI=1S/C28H25Cl2N5O4/c1-15-24(27(36)32-20-7-5-6-8-21(20)37-2)25(16-10-12-22(38-3)23(14-16)39-4)35-28(31-15)33-26(34-35)17-9-11-18(29)19(30)13-17/h5-14,25H,1-4H3,(H,32,36)(H,31,33,34). The topological polar surface area (TPSA) is 99.5 Å². The quantitative estimate of drug-likeness (QED) is 0.275. The summed E-state index contributed by atoms with van der Waals surface area (Å²) in [7, 11) is 4.68. The van der Waals surface area contributed by atoms with Gasteiger partial charge in [0.05, 0.1) is 42.6 Å². The van der Waals surface area contributed by atoms with Gasteiger partial charge in [0.2, 0.25) is 5.95 Å². The van der Waals surface area contributed by atoms with Crippen LogP contribution in [0.1, 0.15) is 18.5 Å². The van der Waals surface area contributed by atoms with Gasteiger partial charge in [-0.3, -0.25) is 4.79 Å². The van der Waals surface area contributed by atoms with E-state index in [9.17, 15) is 4.79 Å². The van der Waals surface area contributed by atoms with E-state index in [1.54, 1.807) is 62.4 Å². The summed E-state index contributed by atoms with van der Waals surface area (Å²) in [5.41, 5.74) is 3.01. The SMILES string of the molecule is COc1ccccc1NC(=O)C1=C(C)Nc2nc(-c3ccc(Cl)c(Cl)c3)nn2C1c1ccc(OC)c(OC)c1. The third-order valence-corrected chi connectivity index (χ3v) is 7.09. The van der Waals surface area contributed by atoms with E-state index in [0.29, 0.717) is 61.6 Å². The molecule has 0 saturated carbocycles. The van der Waals surface area contributed by atoms with E-state index in [4.69, 9.17) is 47.5 Å². The van der Waals surface area contributed by atoms with Gasteiger partial charge in [0.15, 0.2) is 17.3 Å². The molecule has 3 aromatic carbocycles. The van der Waals surface area contributed by atoms with E-state index < -0.39 is 6.04 Å². The minimum Gasteiger partial charge on any atom is -0.495 e. The van der Waals surface area contributed by atoms with Crippen LogP contribution in [0, 0.1) is 0 Å². The molecule has 39 heavy (non-hydrogen) atoms. The number of hydrogen-bond acceptors (Lipinski definition) is 7. The molecule has 0 fully saturated rings. The van der Waals surface area contributed by atoms with Crippen molar-refractivity contribution in [1.82, 2.24) is 14.8 Å².